The molecule has 2 aromatic carbocycles. The van der Waals surface area contributed by atoms with E-state index in [2.05, 4.69) is 4.52 Å². The Morgan fingerprint density at radius 2 is 1.52 bits per heavy atom. The van der Waals surface area contributed by atoms with Crippen LogP contribution in [0.3, 0.4) is 0 Å². The highest BCUT2D eigenvalue weighted by molar-refractivity contribution is 7.32. The van der Waals surface area contributed by atoms with Crippen molar-refractivity contribution in [3.63, 3.8) is 0 Å². The molecule has 0 saturated carbocycles. The standard InChI is InChI=1S/C19H18F5O6P/c1-5-18(2,3)29-17-14(21)9-13(20)16(15(17)19(22,23)24)28-11-6-10(27-4)7-12(8-11)30-31(25)26/h6-9H,5H2,1-4H3/p+1. The zero-order valence-electron chi connectivity index (χ0n) is 16.8. The van der Waals surface area contributed by atoms with Crippen LogP contribution in [-0.2, 0) is 10.7 Å². The van der Waals surface area contributed by atoms with Gasteiger partial charge in [0.1, 0.15) is 22.7 Å². The van der Waals surface area contributed by atoms with E-state index >= 15 is 0 Å². The number of methoxy groups -OCH3 is 1. The van der Waals surface area contributed by atoms with Gasteiger partial charge in [-0.2, -0.15) is 13.2 Å². The van der Waals surface area contributed by atoms with Gasteiger partial charge in [-0.15, -0.1) is 4.89 Å². The zero-order chi connectivity index (χ0) is 23.6. The van der Waals surface area contributed by atoms with Crippen molar-refractivity contribution in [1.29, 1.82) is 0 Å². The monoisotopic (exact) mass is 469 g/mol. The second kappa shape index (κ2) is 9.23. The van der Waals surface area contributed by atoms with Crippen LogP contribution in [0.5, 0.6) is 28.7 Å². The Hall–Kier alpha value is -2.65. The Bertz CT molecular complexity index is 977. The van der Waals surface area contributed by atoms with Crippen LogP contribution in [0.4, 0.5) is 22.0 Å². The van der Waals surface area contributed by atoms with E-state index in [9.17, 15) is 26.5 Å². The lowest BCUT2D eigenvalue weighted by atomic mass is 10.1. The highest BCUT2D eigenvalue weighted by Gasteiger charge is 2.43. The molecule has 0 radical (unpaired) electrons. The van der Waals surface area contributed by atoms with Crippen LogP contribution in [0.2, 0.25) is 0 Å². The minimum Gasteiger partial charge on any atom is -0.496 e. The van der Waals surface area contributed by atoms with Gasteiger partial charge in [0.15, 0.2) is 28.9 Å². The molecule has 2 rings (SSSR count). The Morgan fingerprint density at radius 1 is 0.968 bits per heavy atom. The third-order valence-electron chi connectivity index (χ3n) is 4.15. The quantitative estimate of drug-likeness (QED) is 0.357. The van der Waals surface area contributed by atoms with Gasteiger partial charge in [0, 0.05) is 28.8 Å². The summed E-state index contributed by atoms with van der Waals surface area (Å²) in [5.41, 5.74) is -2.98. The molecule has 0 aliphatic heterocycles. The van der Waals surface area contributed by atoms with Crippen LogP contribution >= 0.6 is 8.25 Å². The fraction of sp³-hybridized carbons (Fsp3) is 0.368. The lowest BCUT2D eigenvalue weighted by molar-refractivity contribution is -0.141. The predicted molar refractivity (Wildman–Crippen MR) is 99.9 cm³/mol. The number of hydrogen-bond donors (Lipinski definition) is 1. The summed E-state index contributed by atoms with van der Waals surface area (Å²) < 4.78 is 101. The molecule has 0 spiro atoms. The first-order valence-electron chi connectivity index (χ1n) is 8.76. The largest absolute Gasteiger partial charge is 0.747 e. The average Bonchev–Trinajstić information content (AvgIpc) is 2.63. The van der Waals surface area contributed by atoms with E-state index in [1.54, 1.807) is 6.92 Å². The van der Waals surface area contributed by atoms with Gasteiger partial charge in [-0.05, 0) is 20.3 Å². The number of benzene rings is 2. The molecule has 0 amide bonds. The van der Waals surface area contributed by atoms with Crippen molar-refractivity contribution in [3.8, 4) is 28.7 Å². The molecule has 0 aliphatic rings. The molecule has 170 valence electrons. The van der Waals surface area contributed by atoms with Gasteiger partial charge in [-0.25, -0.2) is 13.3 Å². The Balaban J connectivity index is 2.67. The molecule has 1 atom stereocenters. The molecule has 31 heavy (non-hydrogen) atoms. The van der Waals surface area contributed by atoms with E-state index in [1.165, 1.54) is 21.0 Å². The molecule has 1 unspecified atom stereocenters. The van der Waals surface area contributed by atoms with E-state index in [0.29, 0.717) is 0 Å². The predicted octanol–water partition coefficient (Wildman–Crippen LogP) is 6.38. The van der Waals surface area contributed by atoms with Crippen molar-refractivity contribution < 1.29 is 50.1 Å². The summed E-state index contributed by atoms with van der Waals surface area (Å²) in [6.45, 7) is 4.51. The fourth-order valence-corrected chi connectivity index (χ4v) is 2.66. The van der Waals surface area contributed by atoms with E-state index in [4.69, 9.17) is 19.1 Å². The molecule has 0 saturated heterocycles. The second-order valence-corrected chi connectivity index (χ2v) is 7.52. The Labute approximate surface area is 175 Å². The lowest BCUT2D eigenvalue weighted by Crippen LogP contribution is -2.29. The van der Waals surface area contributed by atoms with E-state index in [-0.39, 0.29) is 24.0 Å². The second-order valence-electron chi connectivity index (χ2n) is 6.86. The number of ether oxygens (including phenoxy) is 3. The van der Waals surface area contributed by atoms with Crippen LogP contribution in [0, 0.1) is 11.6 Å². The van der Waals surface area contributed by atoms with E-state index in [0.717, 1.165) is 18.2 Å². The molecule has 0 fully saturated rings. The average molecular weight is 469 g/mol. The van der Waals surface area contributed by atoms with Gasteiger partial charge in [0.05, 0.1) is 7.11 Å². The normalized spacial score (nSPS) is 12.4. The summed E-state index contributed by atoms with van der Waals surface area (Å²) in [6.07, 6.45) is -5.02. The maximum Gasteiger partial charge on any atom is 0.747 e. The third-order valence-corrected chi connectivity index (χ3v) is 4.51. The molecule has 2 aromatic rings. The number of rotatable bonds is 8. The highest BCUT2D eigenvalue weighted by atomic mass is 31.1. The van der Waals surface area contributed by atoms with Gasteiger partial charge >= 0.3 is 14.4 Å². The molecule has 0 aliphatic carbocycles. The summed E-state index contributed by atoms with van der Waals surface area (Å²) in [5, 5.41) is 0. The Morgan fingerprint density at radius 3 is 2.03 bits per heavy atom. The molecule has 0 aromatic heterocycles. The van der Waals surface area contributed by atoms with Crippen LogP contribution in [0.1, 0.15) is 32.8 Å². The first-order chi connectivity index (χ1) is 14.3. The third kappa shape index (κ3) is 6.18. The summed E-state index contributed by atoms with van der Waals surface area (Å²) in [5.74, 6) is -6.49. The number of hydrogen-bond acceptors (Lipinski definition) is 5. The molecule has 1 N–H and O–H groups in total. The first kappa shape index (κ1) is 24.6. The van der Waals surface area contributed by atoms with Crippen molar-refractivity contribution >= 4 is 8.25 Å². The van der Waals surface area contributed by atoms with Crippen molar-refractivity contribution in [1.82, 2.24) is 0 Å². The lowest BCUT2D eigenvalue weighted by Gasteiger charge is -2.28. The summed E-state index contributed by atoms with van der Waals surface area (Å²) in [7, 11) is -1.90. The van der Waals surface area contributed by atoms with Crippen LogP contribution in [0.15, 0.2) is 24.3 Å². The Kier molecular flexibility index (Phi) is 7.33. The first-order valence-corrected chi connectivity index (χ1v) is 9.89. The molecule has 0 bridgehead atoms. The molecule has 12 heteroatoms. The topological polar surface area (TPSA) is 74.2 Å². The highest BCUT2D eigenvalue weighted by Crippen LogP contribution is 2.48. The summed E-state index contributed by atoms with van der Waals surface area (Å²) in [4.78, 5) is 8.88. The van der Waals surface area contributed by atoms with E-state index < -0.39 is 54.5 Å². The van der Waals surface area contributed by atoms with E-state index in [1.807, 2.05) is 0 Å². The van der Waals surface area contributed by atoms with Gasteiger partial charge in [-0.1, -0.05) is 6.92 Å². The molecule has 0 heterocycles. The number of alkyl halides is 3. The number of halogens is 5. The summed E-state index contributed by atoms with van der Waals surface area (Å²) >= 11 is 0. The maximum atomic E-state index is 14.4. The van der Waals surface area contributed by atoms with Crippen molar-refractivity contribution in [2.24, 2.45) is 0 Å². The molecular formula is C19H19F5O6P+. The summed E-state index contributed by atoms with van der Waals surface area (Å²) in [6, 6.07) is 3.39. The van der Waals surface area contributed by atoms with Crippen LogP contribution < -0.4 is 18.7 Å². The SMILES string of the molecule is CCC(C)(C)Oc1c(F)cc(F)c(Oc2cc(OC)cc(O[P+](=O)O)c2)c1C(F)(F)F. The minimum absolute atomic E-state index is 0.0241. The fourth-order valence-electron chi connectivity index (χ4n) is 2.37. The maximum absolute atomic E-state index is 14.4. The smallest absolute Gasteiger partial charge is 0.496 e. The van der Waals surface area contributed by atoms with Gasteiger partial charge in [0.2, 0.25) is 0 Å². The molecule has 6 nitrogen and oxygen atoms in total. The molecular weight excluding hydrogens is 450 g/mol. The van der Waals surface area contributed by atoms with Crippen LogP contribution in [-0.4, -0.2) is 17.6 Å². The van der Waals surface area contributed by atoms with Gasteiger partial charge < -0.3 is 14.2 Å². The van der Waals surface area contributed by atoms with Gasteiger partial charge in [0.25, 0.3) is 0 Å². The minimum atomic E-state index is -5.25. The zero-order valence-corrected chi connectivity index (χ0v) is 17.7. The van der Waals surface area contributed by atoms with Crippen molar-refractivity contribution in [3.05, 3.63) is 41.5 Å². The van der Waals surface area contributed by atoms with Crippen molar-refractivity contribution in [2.45, 2.75) is 39.0 Å². The van der Waals surface area contributed by atoms with Gasteiger partial charge in [-0.3, -0.25) is 0 Å². The van der Waals surface area contributed by atoms with Crippen molar-refractivity contribution in [2.75, 3.05) is 7.11 Å². The van der Waals surface area contributed by atoms with Crippen LogP contribution in [0.25, 0.3) is 0 Å².